The molecule has 2 unspecified atom stereocenters. The van der Waals surface area contributed by atoms with E-state index < -0.39 is 0 Å². The van der Waals surface area contributed by atoms with E-state index >= 15 is 0 Å². The summed E-state index contributed by atoms with van der Waals surface area (Å²) < 4.78 is 0. The maximum absolute atomic E-state index is 3.80. The molecule has 0 radical (unpaired) electrons. The van der Waals surface area contributed by atoms with Gasteiger partial charge in [0.05, 0.1) is 0 Å². The molecule has 0 aromatic heterocycles. The number of hydrogen-bond donors (Lipinski definition) is 1. The molecular weight excluding hydrogens is 194 g/mol. The second-order valence-electron chi connectivity index (χ2n) is 6.23. The topological polar surface area (TPSA) is 12.0 Å². The predicted octanol–water partition coefficient (Wildman–Crippen LogP) is 4.39. The molecule has 0 amide bonds. The number of nitrogens with one attached hydrogen (secondary N) is 1. The van der Waals surface area contributed by atoms with Crippen molar-refractivity contribution < 1.29 is 0 Å². The summed E-state index contributed by atoms with van der Waals surface area (Å²) in [6, 6.07) is 0.667. The third-order valence-corrected chi connectivity index (χ3v) is 2.86. The summed E-state index contributed by atoms with van der Waals surface area (Å²) in [5.74, 6) is 0.800. The van der Waals surface area contributed by atoms with Crippen LogP contribution in [0.2, 0.25) is 0 Å². The summed E-state index contributed by atoms with van der Waals surface area (Å²) >= 11 is 0. The zero-order valence-corrected chi connectivity index (χ0v) is 12.0. The van der Waals surface area contributed by atoms with Gasteiger partial charge in [-0.15, -0.1) is 6.58 Å². The molecule has 1 N–H and O–H groups in total. The monoisotopic (exact) mass is 225 g/mol. The van der Waals surface area contributed by atoms with E-state index in [4.69, 9.17) is 0 Å². The van der Waals surface area contributed by atoms with Gasteiger partial charge in [-0.05, 0) is 43.6 Å². The Bertz CT molecular complexity index is 178. The molecule has 96 valence electrons. The van der Waals surface area contributed by atoms with Crippen LogP contribution in [0.25, 0.3) is 0 Å². The van der Waals surface area contributed by atoms with Crippen LogP contribution in [-0.2, 0) is 0 Å². The van der Waals surface area contributed by atoms with Crippen LogP contribution in [0.1, 0.15) is 60.3 Å². The van der Waals surface area contributed by atoms with E-state index in [1.165, 1.54) is 19.3 Å². The Labute approximate surface area is 103 Å². The SMILES string of the molecule is C=CCCC(CC(C)CC(C)(C)C)NCC. The maximum Gasteiger partial charge on any atom is 0.00724 e. The van der Waals surface area contributed by atoms with Crippen molar-refractivity contribution in [2.45, 2.75) is 66.3 Å². The first-order valence-corrected chi connectivity index (χ1v) is 6.73. The standard InChI is InChI=1S/C15H31N/c1-7-9-10-14(16-8-2)11-13(3)12-15(4,5)6/h7,13-14,16H,1,8-12H2,2-6H3. The van der Waals surface area contributed by atoms with Crippen LogP contribution in [0.4, 0.5) is 0 Å². The van der Waals surface area contributed by atoms with Crippen LogP contribution in [0, 0.1) is 11.3 Å². The zero-order valence-electron chi connectivity index (χ0n) is 12.0. The summed E-state index contributed by atoms with van der Waals surface area (Å²) in [6.45, 7) is 16.4. The first kappa shape index (κ1) is 15.7. The molecule has 0 heterocycles. The number of hydrogen-bond acceptors (Lipinski definition) is 1. The van der Waals surface area contributed by atoms with Crippen molar-refractivity contribution in [1.29, 1.82) is 0 Å². The lowest BCUT2D eigenvalue weighted by atomic mass is 9.82. The van der Waals surface area contributed by atoms with Crippen molar-refractivity contribution in [3.05, 3.63) is 12.7 Å². The van der Waals surface area contributed by atoms with Crippen molar-refractivity contribution in [1.82, 2.24) is 5.32 Å². The number of rotatable bonds is 8. The van der Waals surface area contributed by atoms with Gasteiger partial charge in [0.25, 0.3) is 0 Å². The van der Waals surface area contributed by atoms with Crippen molar-refractivity contribution in [3.8, 4) is 0 Å². The van der Waals surface area contributed by atoms with Gasteiger partial charge in [-0.2, -0.15) is 0 Å². The fraction of sp³-hybridized carbons (Fsp3) is 0.867. The molecule has 0 saturated heterocycles. The fourth-order valence-electron chi connectivity index (χ4n) is 2.53. The lowest BCUT2D eigenvalue weighted by Crippen LogP contribution is -2.31. The molecule has 0 aliphatic carbocycles. The Morgan fingerprint density at radius 1 is 1.31 bits per heavy atom. The molecule has 0 aliphatic rings. The highest BCUT2D eigenvalue weighted by atomic mass is 14.9. The molecule has 1 nitrogen and oxygen atoms in total. The molecule has 0 spiro atoms. The van der Waals surface area contributed by atoms with Gasteiger partial charge in [-0.3, -0.25) is 0 Å². The van der Waals surface area contributed by atoms with Gasteiger partial charge in [0.15, 0.2) is 0 Å². The molecule has 0 aliphatic heterocycles. The van der Waals surface area contributed by atoms with Crippen LogP contribution in [0.5, 0.6) is 0 Å². The van der Waals surface area contributed by atoms with Crippen LogP contribution in [-0.4, -0.2) is 12.6 Å². The summed E-state index contributed by atoms with van der Waals surface area (Å²) in [5, 5.41) is 3.59. The lowest BCUT2D eigenvalue weighted by Gasteiger charge is -2.27. The molecule has 1 heteroatoms. The van der Waals surface area contributed by atoms with Gasteiger partial charge in [0.1, 0.15) is 0 Å². The quantitative estimate of drug-likeness (QED) is 0.604. The first-order chi connectivity index (χ1) is 7.39. The smallest absolute Gasteiger partial charge is 0.00724 e. The average molecular weight is 225 g/mol. The van der Waals surface area contributed by atoms with Gasteiger partial charge in [-0.1, -0.05) is 40.7 Å². The minimum Gasteiger partial charge on any atom is -0.314 e. The van der Waals surface area contributed by atoms with Crippen LogP contribution in [0.15, 0.2) is 12.7 Å². The molecule has 0 aromatic carbocycles. The molecule has 0 saturated carbocycles. The minimum absolute atomic E-state index is 0.453. The summed E-state index contributed by atoms with van der Waals surface area (Å²) in [4.78, 5) is 0. The highest BCUT2D eigenvalue weighted by Crippen LogP contribution is 2.27. The second-order valence-corrected chi connectivity index (χ2v) is 6.23. The summed E-state index contributed by atoms with van der Waals surface area (Å²) in [5.41, 5.74) is 0.453. The minimum atomic E-state index is 0.453. The molecule has 0 rings (SSSR count). The van der Waals surface area contributed by atoms with Gasteiger partial charge in [0, 0.05) is 6.04 Å². The fourth-order valence-corrected chi connectivity index (χ4v) is 2.53. The molecule has 16 heavy (non-hydrogen) atoms. The van der Waals surface area contributed by atoms with Crippen LogP contribution < -0.4 is 5.32 Å². The predicted molar refractivity (Wildman–Crippen MR) is 74.7 cm³/mol. The van der Waals surface area contributed by atoms with Crippen molar-refractivity contribution >= 4 is 0 Å². The summed E-state index contributed by atoms with van der Waals surface area (Å²) in [6.07, 6.45) is 6.98. The Kier molecular flexibility index (Phi) is 7.74. The Hall–Kier alpha value is -0.300. The zero-order chi connectivity index (χ0) is 12.6. The van der Waals surface area contributed by atoms with Gasteiger partial charge >= 0.3 is 0 Å². The maximum atomic E-state index is 3.80. The molecular formula is C15H31N. The Morgan fingerprint density at radius 3 is 2.38 bits per heavy atom. The Morgan fingerprint density at radius 2 is 1.94 bits per heavy atom. The highest BCUT2D eigenvalue weighted by Gasteiger charge is 2.18. The second kappa shape index (κ2) is 7.89. The van der Waals surface area contributed by atoms with Crippen LogP contribution >= 0.6 is 0 Å². The molecule has 0 aromatic rings. The third-order valence-electron chi connectivity index (χ3n) is 2.86. The van der Waals surface area contributed by atoms with Crippen molar-refractivity contribution in [2.24, 2.45) is 11.3 Å². The van der Waals surface area contributed by atoms with E-state index in [9.17, 15) is 0 Å². The van der Waals surface area contributed by atoms with Gasteiger partial charge in [-0.25, -0.2) is 0 Å². The molecule has 0 fully saturated rings. The highest BCUT2D eigenvalue weighted by molar-refractivity contribution is 4.77. The first-order valence-electron chi connectivity index (χ1n) is 6.73. The van der Waals surface area contributed by atoms with E-state index in [0.29, 0.717) is 11.5 Å². The van der Waals surface area contributed by atoms with Crippen molar-refractivity contribution in [3.63, 3.8) is 0 Å². The summed E-state index contributed by atoms with van der Waals surface area (Å²) in [7, 11) is 0. The third kappa shape index (κ3) is 8.96. The van der Waals surface area contributed by atoms with Crippen molar-refractivity contribution in [2.75, 3.05) is 6.54 Å². The lowest BCUT2D eigenvalue weighted by molar-refractivity contribution is 0.272. The van der Waals surface area contributed by atoms with Gasteiger partial charge < -0.3 is 5.32 Å². The van der Waals surface area contributed by atoms with E-state index in [1.54, 1.807) is 0 Å². The van der Waals surface area contributed by atoms with E-state index in [1.807, 2.05) is 6.08 Å². The molecule has 0 bridgehead atoms. The average Bonchev–Trinajstić information content (AvgIpc) is 2.11. The van der Waals surface area contributed by atoms with Crippen LogP contribution in [0.3, 0.4) is 0 Å². The normalized spacial score (nSPS) is 15.8. The van der Waals surface area contributed by atoms with E-state index in [2.05, 4.69) is 46.5 Å². The Balaban J connectivity index is 4.01. The van der Waals surface area contributed by atoms with Gasteiger partial charge in [0.2, 0.25) is 0 Å². The largest absolute Gasteiger partial charge is 0.314 e. The van der Waals surface area contributed by atoms with E-state index in [-0.39, 0.29) is 0 Å². The number of allylic oxidation sites excluding steroid dienone is 1. The molecule has 2 atom stereocenters. The van der Waals surface area contributed by atoms with E-state index in [0.717, 1.165) is 18.9 Å².